The molecule has 1 aromatic carbocycles. The summed E-state index contributed by atoms with van der Waals surface area (Å²) in [5, 5.41) is 11.2. The zero-order chi connectivity index (χ0) is 16.4. The molecule has 0 amide bonds. The number of nitrogens with one attached hydrogen (secondary N) is 1. The van der Waals surface area contributed by atoms with Crippen molar-refractivity contribution < 1.29 is 5.11 Å². The molecule has 0 saturated carbocycles. The molecule has 0 spiro atoms. The summed E-state index contributed by atoms with van der Waals surface area (Å²) in [5.41, 5.74) is 1.69. The number of H-pyrrole nitrogens is 1. The van der Waals surface area contributed by atoms with Gasteiger partial charge in [-0.15, -0.1) is 0 Å². The molecular formula is C16H15ClN2O2S2. The van der Waals surface area contributed by atoms with Crippen LogP contribution < -0.4 is 5.56 Å². The van der Waals surface area contributed by atoms with Gasteiger partial charge in [-0.1, -0.05) is 17.2 Å². The lowest BCUT2D eigenvalue weighted by molar-refractivity contribution is 0.432. The number of aromatic nitrogens is 2. The maximum absolute atomic E-state index is 12.2. The molecule has 1 saturated heterocycles. The van der Waals surface area contributed by atoms with E-state index < -0.39 is 0 Å². The quantitative estimate of drug-likeness (QED) is 0.783. The molecule has 1 fully saturated rings. The van der Waals surface area contributed by atoms with Gasteiger partial charge in [0.05, 0.1) is 5.69 Å². The standard InChI is InChI=1S/C16H15ClN2O2S2/c17-11-1-3-12(4-2-11)19-15(21)13(14(20)18-16(19)22)9-10-5-7-23-8-6-10/h1-4,9,21H,5-8H2,(H,18,20,22). The summed E-state index contributed by atoms with van der Waals surface area (Å²) in [6.07, 6.45) is 3.65. The van der Waals surface area contributed by atoms with Gasteiger partial charge in [0.15, 0.2) is 4.77 Å². The van der Waals surface area contributed by atoms with Crippen molar-refractivity contribution in [2.24, 2.45) is 0 Å². The van der Waals surface area contributed by atoms with Gasteiger partial charge in [0.2, 0.25) is 5.88 Å². The lowest BCUT2D eigenvalue weighted by Gasteiger charge is -2.15. The smallest absolute Gasteiger partial charge is 0.262 e. The topological polar surface area (TPSA) is 58.0 Å². The summed E-state index contributed by atoms with van der Waals surface area (Å²) in [5.74, 6) is 1.94. The maximum atomic E-state index is 12.2. The van der Waals surface area contributed by atoms with E-state index in [2.05, 4.69) is 4.98 Å². The molecule has 1 aliphatic rings. The van der Waals surface area contributed by atoms with E-state index >= 15 is 0 Å². The molecule has 0 atom stereocenters. The predicted molar refractivity (Wildman–Crippen MR) is 98.4 cm³/mol. The number of halogens is 1. The summed E-state index contributed by atoms with van der Waals surface area (Å²) in [6.45, 7) is 0. The Labute approximate surface area is 147 Å². The van der Waals surface area contributed by atoms with Crippen LogP contribution in [0, 0.1) is 4.77 Å². The van der Waals surface area contributed by atoms with Crippen LogP contribution in [0.5, 0.6) is 5.88 Å². The van der Waals surface area contributed by atoms with E-state index in [4.69, 9.17) is 23.8 Å². The van der Waals surface area contributed by atoms with E-state index in [1.54, 1.807) is 30.3 Å². The number of aromatic hydroxyl groups is 1. The van der Waals surface area contributed by atoms with Gasteiger partial charge < -0.3 is 5.11 Å². The minimum absolute atomic E-state index is 0.146. The number of nitrogens with zero attached hydrogens (tertiary/aromatic N) is 1. The third-order valence-electron chi connectivity index (χ3n) is 3.69. The van der Waals surface area contributed by atoms with E-state index in [1.807, 2.05) is 11.8 Å². The van der Waals surface area contributed by atoms with Crippen molar-refractivity contribution in [3.8, 4) is 11.6 Å². The van der Waals surface area contributed by atoms with Gasteiger partial charge in [0, 0.05) is 5.02 Å². The highest BCUT2D eigenvalue weighted by atomic mass is 35.5. The second kappa shape index (κ2) is 6.95. The Kier molecular flexibility index (Phi) is 4.94. The minimum atomic E-state index is -0.372. The van der Waals surface area contributed by atoms with Gasteiger partial charge in [0.1, 0.15) is 5.56 Å². The van der Waals surface area contributed by atoms with Crippen LogP contribution >= 0.6 is 35.6 Å². The number of hydrogen-bond donors (Lipinski definition) is 2. The van der Waals surface area contributed by atoms with E-state index in [-0.39, 0.29) is 21.8 Å². The summed E-state index contributed by atoms with van der Waals surface area (Å²) >= 11 is 13.0. The SMILES string of the molecule is O=c1[nH]c(=S)n(-c2ccc(Cl)cc2)c(O)c1C=C1CCSCC1. The lowest BCUT2D eigenvalue weighted by Crippen LogP contribution is -2.16. The average molecular weight is 367 g/mol. The van der Waals surface area contributed by atoms with Gasteiger partial charge in [-0.05, 0) is 66.9 Å². The number of thioether (sulfide) groups is 1. The van der Waals surface area contributed by atoms with Crippen molar-refractivity contribution in [3.05, 3.63) is 55.5 Å². The second-order valence-corrected chi connectivity index (χ2v) is 7.27. The number of hydrogen-bond acceptors (Lipinski definition) is 4. The molecule has 1 aromatic heterocycles. The molecule has 0 bridgehead atoms. The Hall–Kier alpha value is -1.50. The summed E-state index contributed by atoms with van der Waals surface area (Å²) in [7, 11) is 0. The predicted octanol–water partition coefficient (Wildman–Crippen LogP) is 4.16. The number of allylic oxidation sites excluding steroid dienone is 1. The molecule has 2 N–H and O–H groups in total. The van der Waals surface area contributed by atoms with Crippen molar-refractivity contribution in [1.82, 2.24) is 9.55 Å². The molecule has 0 unspecified atom stereocenters. The highest BCUT2D eigenvalue weighted by Gasteiger charge is 2.14. The summed E-state index contributed by atoms with van der Waals surface area (Å²) < 4.78 is 1.59. The zero-order valence-corrected chi connectivity index (χ0v) is 14.6. The Morgan fingerprint density at radius 1 is 1.26 bits per heavy atom. The molecule has 120 valence electrons. The fraction of sp³-hybridized carbons (Fsp3) is 0.250. The molecule has 2 heterocycles. The van der Waals surface area contributed by atoms with Crippen LogP contribution in [0.3, 0.4) is 0 Å². The van der Waals surface area contributed by atoms with E-state index in [1.165, 1.54) is 10.1 Å². The summed E-state index contributed by atoms with van der Waals surface area (Å²) in [6, 6.07) is 6.90. The first-order valence-electron chi connectivity index (χ1n) is 7.17. The highest BCUT2D eigenvalue weighted by molar-refractivity contribution is 7.99. The molecular weight excluding hydrogens is 352 g/mol. The fourth-order valence-electron chi connectivity index (χ4n) is 2.48. The molecule has 0 radical (unpaired) electrons. The van der Waals surface area contributed by atoms with E-state index in [0.29, 0.717) is 10.7 Å². The second-order valence-electron chi connectivity index (χ2n) is 5.22. The number of rotatable bonds is 2. The van der Waals surface area contributed by atoms with Crippen LogP contribution in [-0.4, -0.2) is 26.2 Å². The first-order chi connectivity index (χ1) is 11.1. The average Bonchev–Trinajstić information content (AvgIpc) is 2.54. The number of aromatic amines is 1. The van der Waals surface area contributed by atoms with Crippen molar-refractivity contribution in [1.29, 1.82) is 0 Å². The normalized spacial score (nSPS) is 14.7. The van der Waals surface area contributed by atoms with Crippen LogP contribution in [0.4, 0.5) is 0 Å². The van der Waals surface area contributed by atoms with Gasteiger partial charge >= 0.3 is 0 Å². The van der Waals surface area contributed by atoms with Gasteiger partial charge in [-0.25, -0.2) is 0 Å². The zero-order valence-electron chi connectivity index (χ0n) is 12.2. The largest absolute Gasteiger partial charge is 0.494 e. The molecule has 1 aliphatic heterocycles. The molecule has 23 heavy (non-hydrogen) atoms. The number of benzene rings is 1. The molecule has 0 aliphatic carbocycles. The first-order valence-corrected chi connectivity index (χ1v) is 9.12. The molecule has 4 nitrogen and oxygen atoms in total. The van der Waals surface area contributed by atoms with Crippen molar-refractivity contribution >= 4 is 41.7 Å². The van der Waals surface area contributed by atoms with Crippen LogP contribution in [0.1, 0.15) is 18.4 Å². The third kappa shape index (κ3) is 3.54. The Balaban J connectivity index is 2.14. The van der Waals surface area contributed by atoms with E-state index in [0.717, 1.165) is 24.3 Å². The highest BCUT2D eigenvalue weighted by Crippen LogP contribution is 2.27. The molecule has 2 aromatic rings. The Morgan fingerprint density at radius 3 is 2.57 bits per heavy atom. The fourth-order valence-corrected chi connectivity index (χ4v) is 3.91. The Bertz CT molecular complexity index is 861. The Morgan fingerprint density at radius 2 is 1.91 bits per heavy atom. The lowest BCUT2D eigenvalue weighted by atomic mass is 10.1. The molecule has 3 rings (SSSR count). The minimum Gasteiger partial charge on any atom is -0.494 e. The van der Waals surface area contributed by atoms with Crippen LogP contribution in [-0.2, 0) is 0 Å². The van der Waals surface area contributed by atoms with Crippen molar-refractivity contribution in [2.45, 2.75) is 12.8 Å². The molecule has 7 heteroatoms. The monoisotopic (exact) mass is 366 g/mol. The van der Waals surface area contributed by atoms with Crippen LogP contribution in [0.25, 0.3) is 11.8 Å². The van der Waals surface area contributed by atoms with E-state index in [9.17, 15) is 9.90 Å². The third-order valence-corrected chi connectivity index (χ3v) is 5.21. The van der Waals surface area contributed by atoms with Crippen LogP contribution in [0.2, 0.25) is 5.02 Å². The van der Waals surface area contributed by atoms with Gasteiger partial charge in [-0.3, -0.25) is 14.3 Å². The van der Waals surface area contributed by atoms with Crippen molar-refractivity contribution in [2.75, 3.05) is 11.5 Å². The maximum Gasteiger partial charge on any atom is 0.262 e. The van der Waals surface area contributed by atoms with Gasteiger partial charge in [0.25, 0.3) is 5.56 Å². The van der Waals surface area contributed by atoms with Crippen LogP contribution in [0.15, 0.2) is 34.6 Å². The van der Waals surface area contributed by atoms with Gasteiger partial charge in [-0.2, -0.15) is 11.8 Å². The summed E-state index contributed by atoms with van der Waals surface area (Å²) in [4.78, 5) is 14.8. The first kappa shape index (κ1) is 16.4. The van der Waals surface area contributed by atoms with Crippen molar-refractivity contribution in [3.63, 3.8) is 0 Å².